The van der Waals surface area contributed by atoms with Crippen molar-refractivity contribution in [3.8, 4) is 22.5 Å². The lowest BCUT2D eigenvalue weighted by Gasteiger charge is -2.02. The summed E-state index contributed by atoms with van der Waals surface area (Å²) in [5.74, 6) is 1.54. The van der Waals surface area contributed by atoms with E-state index >= 15 is 0 Å². The molecule has 0 saturated heterocycles. The number of H-pyrrole nitrogens is 1. The Labute approximate surface area is 150 Å². The number of aromatic nitrogens is 3. The molecule has 0 aliphatic heterocycles. The maximum Gasteiger partial charge on any atom is 0.166 e. The van der Waals surface area contributed by atoms with Crippen LogP contribution in [0.4, 0.5) is 0 Å². The number of aryl methyl sites for hydroxylation is 1. The van der Waals surface area contributed by atoms with E-state index in [1.807, 2.05) is 49.4 Å². The third kappa shape index (κ3) is 3.51. The van der Waals surface area contributed by atoms with Crippen LogP contribution in [0.5, 0.6) is 0 Å². The summed E-state index contributed by atoms with van der Waals surface area (Å²) in [5.41, 5.74) is 5.14. The Hall–Kier alpha value is -2.79. The van der Waals surface area contributed by atoms with Crippen LogP contribution in [0.1, 0.15) is 11.5 Å². The highest BCUT2D eigenvalue weighted by atomic mass is 32.2. The minimum Gasteiger partial charge on any atom is -0.361 e. The SMILES string of the molecule is Cc1cc(CSc2nc(-c3ccccc3)c(-c3ccccc3)[nH]2)no1. The fourth-order valence-corrected chi connectivity index (χ4v) is 3.42. The van der Waals surface area contributed by atoms with Crippen molar-refractivity contribution in [3.05, 3.63) is 78.2 Å². The van der Waals surface area contributed by atoms with Crippen molar-refractivity contribution < 1.29 is 4.52 Å². The Kier molecular flexibility index (Phi) is 4.39. The number of nitrogens with one attached hydrogen (secondary N) is 1. The number of rotatable bonds is 5. The Morgan fingerprint density at radius 1 is 0.960 bits per heavy atom. The second-order valence-electron chi connectivity index (χ2n) is 5.72. The molecule has 25 heavy (non-hydrogen) atoms. The van der Waals surface area contributed by atoms with E-state index in [4.69, 9.17) is 9.51 Å². The average molecular weight is 347 g/mol. The molecule has 0 fully saturated rings. The quantitative estimate of drug-likeness (QED) is 0.496. The highest BCUT2D eigenvalue weighted by Gasteiger charge is 2.14. The third-order valence-corrected chi connectivity index (χ3v) is 4.73. The Morgan fingerprint density at radius 3 is 2.28 bits per heavy atom. The predicted molar refractivity (Wildman–Crippen MR) is 100 cm³/mol. The molecular formula is C20H17N3OS. The van der Waals surface area contributed by atoms with Crippen LogP contribution in [0.2, 0.25) is 0 Å². The molecule has 5 heteroatoms. The summed E-state index contributed by atoms with van der Waals surface area (Å²) in [6.07, 6.45) is 0. The van der Waals surface area contributed by atoms with Gasteiger partial charge in [-0.1, -0.05) is 77.6 Å². The molecule has 0 aliphatic rings. The van der Waals surface area contributed by atoms with Gasteiger partial charge in [-0.2, -0.15) is 0 Å². The minimum atomic E-state index is 0.716. The Balaban J connectivity index is 1.68. The zero-order valence-corrected chi connectivity index (χ0v) is 14.6. The molecule has 4 aromatic rings. The van der Waals surface area contributed by atoms with Crippen LogP contribution >= 0.6 is 11.8 Å². The fraction of sp³-hybridized carbons (Fsp3) is 0.100. The summed E-state index contributed by atoms with van der Waals surface area (Å²) in [4.78, 5) is 8.29. The van der Waals surface area contributed by atoms with Gasteiger partial charge in [0.05, 0.1) is 17.1 Å². The van der Waals surface area contributed by atoms with Crippen LogP contribution in [0.15, 0.2) is 76.4 Å². The number of benzene rings is 2. The largest absolute Gasteiger partial charge is 0.361 e. The van der Waals surface area contributed by atoms with Crippen LogP contribution < -0.4 is 0 Å². The second kappa shape index (κ2) is 6.99. The number of imidazole rings is 1. The lowest BCUT2D eigenvalue weighted by Crippen LogP contribution is -1.82. The van der Waals surface area contributed by atoms with E-state index in [0.29, 0.717) is 5.75 Å². The Morgan fingerprint density at radius 2 is 1.64 bits per heavy atom. The number of hydrogen-bond acceptors (Lipinski definition) is 4. The van der Waals surface area contributed by atoms with Gasteiger partial charge in [-0.15, -0.1) is 0 Å². The monoisotopic (exact) mass is 347 g/mol. The summed E-state index contributed by atoms with van der Waals surface area (Å²) in [5, 5.41) is 4.91. The van der Waals surface area contributed by atoms with Crippen LogP contribution in [0.3, 0.4) is 0 Å². The maximum atomic E-state index is 5.13. The minimum absolute atomic E-state index is 0.716. The molecule has 0 spiro atoms. The van der Waals surface area contributed by atoms with E-state index in [1.54, 1.807) is 11.8 Å². The molecule has 2 aromatic heterocycles. The van der Waals surface area contributed by atoms with Gasteiger partial charge in [0, 0.05) is 22.9 Å². The summed E-state index contributed by atoms with van der Waals surface area (Å²) in [6, 6.07) is 22.5. The molecule has 0 bridgehead atoms. The van der Waals surface area contributed by atoms with Crippen molar-refractivity contribution in [2.45, 2.75) is 17.8 Å². The van der Waals surface area contributed by atoms with Gasteiger partial charge >= 0.3 is 0 Å². The van der Waals surface area contributed by atoms with Gasteiger partial charge < -0.3 is 9.51 Å². The van der Waals surface area contributed by atoms with Gasteiger partial charge in [-0.25, -0.2) is 4.98 Å². The normalized spacial score (nSPS) is 10.9. The molecule has 0 amide bonds. The second-order valence-corrected chi connectivity index (χ2v) is 6.68. The first-order valence-corrected chi connectivity index (χ1v) is 9.04. The van der Waals surface area contributed by atoms with Crippen molar-refractivity contribution in [2.24, 2.45) is 0 Å². The van der Waals surface area contributed by atoms with Gasteiger partial charge in [0.2, 0.25) is 0 Å². The number of nitrogens with zero attached hydrogens (tertiary/aromatic N) is 2. The van der Waals surface area contributed by atoms with Crippen LogP contribution in [-0.2, 0) is 5.75 Å². The standard InChI is InChI=1S/C20H17N3OS/c1-14-12-17(23-24-14)13-25-20-21-18(15-8-4-2-5-9-15)19(22-20)16-10-6-3-7-11-16/h2-12H,13H2,1H3,(H,21,22). The molecule has 0 saturated carbocycles. The lowest BCUT2D eigenvalue weighted by molar-refractivity contribution is 0.393. The van der Waals surface area contributed by atoms with E-state index in [0.717, 1.165) is 39.1 Å². The number of thioether (sulfide) groups is 1. The van der Waals surface area contributed by atoms with Crippen molar-refractivity contribution in [2.75, 3.05) is 0 Å². The van der Waals surface area contributed by atoms with Crippen molar-refractivity contribution >= 4 is 11.8 Å². The first-order chi connectivity index (χ1) is 12.3. The fourth-order valence-electron chi connectivity index (χ4n) is 2.67. The number of aromatic amines is 1. The summed E-state index contributed by atoms with van der Waals surface area (Å²) in [7, 11) is 0. The van der Waals surface area contributed by atoms with E-state index in [9.17, 15) is 0 Å². The molecule has 0 atom stereocenters. The first-order valence-electron chi connectivity index (χ1n) is 8.05. The van der Waals surface area contributed by atoms with E-state index in [1.165, 1.54) is 0 Å². The molecule has 0 unspecified atom stereocenters. The van der Waals surface area contributed by atoms with Crippen LogP contribution in [0.25, 0.3) is 22.5 Å². The highest BCUT2D eigenvalue weighted by molar-refractivity contribution is 7.98. The van der Waals surface area contributed by atoms with E-state index < -0.39 is 0 Å². The predicted octanol–water partition coefficient (Wildman–Crippen LogP) is 5.33. The smallest absolute Gasteiger partial charge is 0.166 e. The maximum absolute atomic E-state index is 5.13. The summed E-state index contributed by atoms with van der Waals surface area (Å²) >= 11 is 1.62. The van der Waals surface area contributed by atoms with Gasteiger partial charge in [-0.3, -0.25) is 0 Å². The van der Waals surface area contributed by atoms with E-state index in [2.05, 4.69) is 34.4 Å². The van der Waals surface area contributed by atoms with Gasteiger partial charge in [0.1, 0.15) is 5.76 Å². The summed E-state index contributed by atoms with van der Waals surface area (Å²) < 4.78 is 5.13. The molecule has 1 N–H and O–H groups in total. The molecule has 2 heterocycles. The van der Waals surface area contributed by atoms with Gasteiger partial charge in [-0.05, 0) is 6.92 Å². The molecule has 0 aliphatic carbocycles. The molecular weight excluding hydrogens is 330 g/mol. The Bertz CT molecular complexity index is 904. The molecule has 124 valence electrons. The zero-order chi connectivity index (χ0) is 17.1. The van der Waals surface area contributed by atoms with Crippen LogP contribution in [-0.4, -0.2) is 15.1 Å². The van der Waals surface area contributed by atoms with Gasteiger partial charge in [0.15, 0.2) is 5.16 Å². The summed E-state index contributed by atoms with van der Waals surface area (Å²) in [6.45, 7) is 1.90. The zero-order valence-electron chi connectivity index (χ0n) is 13.8. The molecule has 0 radical (unpaired) electrons. The average Bonchev–Trinajstić information content (AvgIpc) is 3.28. The van der Waals surface area contributed by atoms with Crippen molar-refractivity contribution in [1.29, 1.82) is 0 Å². The first kappa shape index (κ1) is 15.7. The third-order valence-electron chi connectivity index (χ3n) is 3.83. The number of hydrogen-bond donors (Lipinski definition) is 1. The molecule has 4 nitrogen and oxygen atoms in total. The molecule has 4 rings (SSSR count). The van der Waals surface area contributed by atoms with Crippen molar-refractivity contribution in [1.82, 2.24) is 15.1 Å². The topological polar surface area (TPSA) is 54.7 Å². The lowest BCUT2D eigenvalue weighted by atomic mass is 10.1. The van der Waals surface area contributed by atoms with Crippen molar-refractivity contribution in [3.63, 3.8) is 0 Å². The highest BCUT2D eigenvalue weighted by Crippen LogP contribution is 2.33. The van der Waals surface area contributed by atoms with Gasteiger partial charge in [0.25, 0.3) is 0 Å². The van der Waals surface area contributed by atoms with Crippen LogP contribution in [0, 0.1) is 6.92 Å². The van der Waals surface area contributed by atoms with E-state index in [-0.39, 0.29) is 0 Å². The molecule has 2 aromatic carbocycles.